The summed E-state index contributed by atoms with van der Waals surface area (Å²) in [4.78, 5) is 37.0. The normalized spacial score (nSPS) is 13.6. The maximum atomic E-state index is 12.2. The lowest BCUT2D eigenvalue weighted by atomic mass is 10.2. The Morgan fingerprint density at radius 3 is 2.67 bits per heavy atom. The Bertz CT molecular complexity index is 790. The molecule has 1 saturated heterocycles. The summed E-state index contributed by atoms with van der Waals surface area (Å²) in [5, 5.41) is 6.10. The molecule has 1 aliphatic heterocycles. The molecule has 0 aliphatic carbocycles. The molecule has 2 N–H and O–H groups in total. The molecule has 10 nitrogen and oxygen atoms in total. The van der Waals surface area contributed by atoms with Gasteiger partial charge in [-0.25, -0.2) is 5.43 Å². The fraction of sp³-hybridized carbons (Fsp3) is 0.400. The minimum atomic E-state index is -0.889. The number of morpholine rings is 1. The van der Waals surface area contributed by atoms with E-state index in [1.807, 2.05) is 6.92 Å². The van der Waals surface area contributed by atoms with E-state index in [-0.39, 0.29) is 19.1 Å². The molecule has 0 radical (unpaired) electrons. The molecule has 0 spiro atoms. The average molecular weight is 418 g/mol. The monoisotopic (exact) mass is 418 g/mol. The van der Waals surface area contributed by atoms with Crippen molar-refractivity contribution in [3.8, 4) is 11.5 Å². The lowest BCUT2D eigenvalue weighted by Gasteiger charge is -2.26. The first-order chi connectivity index (χ1) is 14.5. The van der Waals surface area contributed by atoms with Crippen LogP contribution in [0.1, 0.15) is 12.5 Å². The number of carbonyl (C=O) groups excluding carboxylic acids is 3. The van der Waals surface area contributed by atoms with Gasteiger partial charge in [-0.3, -0.25) is 14.4 Å². The largest absolute Gasteiger partial charge is 0.490 e. The maximum Gasteiger partial charge on any atom is 0.329 e. The molecule has 30 heavy (non-hydrogen) atoms. The van der Waals surface area contributed by atoms with E-state index in [0.717, 1.165) is 0 Å². The van der Waals surface area contributed by atoms with Crippen LogP contribution in [0.2, 0.25) is 0 Å². The average Bonchev–Trinajstić information content (AvgIpc) is 2.77. The molecule has 1 heterocycles. The number of ether oxygens (including phenoxy) is 3. The van der Waals surface area contributed by atoms with Crippen LogP contribution in [0.5, 0.6) is 11.5 Å². The van der Waals surface area contributed by atoms with Gasteiger partial charge in [0.15, 0.2) is 18.1 Å². The zero-order chi connectivity index (χ0) is 21.8. The molecule has 162 valence electrons. The van der Waals surface area contributed by atoms with Crippen LogP contribution in [0.3, 0.4) is 0 Å². The van der Waals surface area contributed by atoms with Crippen LogP contribution in [0.15, 0.2) is 36.0 Å². The second-order valence-electron chi connectivity index (χ2n) is 6.12. The van der Waals surface area contributed by atoms with Gasteiger partial charge in [-0.1, -0.05) is 6.08 Å². The molecule has 1 aliphatic rings. The molecule has 3 amide bonds. The summed E-state index contributed by atoms with van der Waals surface area (Å²) < 4.78 is 16.4. The zero-order valence-corrected chi connectivity index (χ0v) is 16.9. The summed E-state index contributed by atoms with van der Waals surface area (Å²) in [5.74, 6) is -0.964. The van der Waals surface area contributed by atoms with Gasteiger partial charge in [0, 0.05) is 19.6 Å². The molecule has 10 heteroatoms. The SMILES string of the molecule is C=CCNC(=O)C(=O)N/N=C\c1ccc(OCC(=O)N2CCOCC2)c(OCC)c1. The first kappa shape index (κ1) is 22.9. The predicted octanol–water partition coefficient (Wildman–Crippen LogP) is 0.0752. The highest BCUT2D eigenvalue weighted by atomic mass is 16.5. The summed E-state index contributed by atoms with van der Waals surface area (Å²) in [6.07, 6.45) is 2.83. The van der Waals surface area contributed by atoms with E-state index in [9.17, 15) is 14.4 Å². The molecule has 1 aromatic carbocycles. The van der Waals surface area contributed by atoms with E-state index in [2.05, 4.69) is 22.4 Å². The molecule has 0 saturated carbocycles. The van der Waals surface area contributed by atoms with E-state index < -0.39 is 11.8 Å². The molecule has 1 fully saturated rings. The summed E-state index contributed by atoms with van der Waals surface area (Å²) in [5.41, 5.74) is 2.74. The lowest BCUT2D eigenvalue weighted by molar-refractivity contribution is -0.139. The van der Waals surface area contributed by atoms with Crippen LogP contribution in [0, 0.1) is 0 Å². The van der Waals surface area contributed by atoms with Crippen molar-refractivity contribution in [1.29, 1.82) is 0 Å². The van der Waals surface area contributed by atoms with Crippen molar-refractivity contribution in [2.24, 2.45) is 5.10 Å². The third kappa shape index (κ3) is 7.21. The highest BCUT2D eigenvalue weighted by Crippen LogP contribution is 2.28. The predicted molar refractivity (Wildman–Crippen MR) is 109 cm³/mol. The highest BCUT2D eigenvalue weighted by Gasteiger charge is 2.18. The van der Waals surface area contributed by atoms with E-state index in [0.29, 0.717) is 50.0 Å². The van der Waals surface area contributed by atoms with Crippen LogP contribution in [-0.4, -0.2) is 74.9 Å². The molecule has 0 unspecified atom stereocenters. The summed E-state index contributed by atoms with van der Waals surface area (Å²) in [6, 6.07) is 4.99. The van der Waals surface area contributed by atoms with Crippen molar-refractivity contribution in [3.05, 3.63) is 36.4 Å². The van der Waals surface area contributed by atoms with Gasteiger partial charge in [0.25, 0.3) is 5.91 Å². The topological polar surface area (TPSA) is 119 Å². The number of nitrogens with one attached hydrogen (secondary N) is 2. The second-order valence-corrected chi connectivity index (χ2v) is 6.12. The quantitative estimate of drug-likeness (QED) is 0.254. The first-order valence-electron chi connectivity index (χ1n) is 9.52. The first-order valence-corrected chi connectivity index (χ1v) is 9.52. The van der Waals surface area contributed by atoms with E-state index in [1.165, 1.54) is 12.3 Å². The second kappa shape index (κ2) is 12.2. The Morgan fingerprint density at radius 2 is 1.97 bits per heavy atom. The van der Waals surface area contributed by atoms with Crippen LogP contribution < -0.4 is 20.2 Å². The third-order valence-electron chi connectivity index (χ3n) is 3.98. The highest BCUT2D eigenvalue weighted by molar-refractivity contribution is 6.35. The van der Waals surface area contributed by atoms with Crippen molar-refractivity contribution in [2.75, 3.05) is 46.1 Å². The maximum absolute atomic E-state index is 12.2. The number of amides is 3. The van der Waals surface area contributed by atoms with E-state index in [4.69, 9.17) is 14.2 Å². The molecule has 0 aromatic heterocycles. The third-order valence-corrected chi connectivity index (χ3v) is 3.98. The van der Waals surface area contributed by atoms with Crippen molar-refractivity contribution < 1.29 is 28.6 Å². The van der Waals surface area contributed by atoms with E-state index >= 15 is 0 Å². The molecule has 0 atom stereocenters. The Kier molecular flexibility index (Phi) is 9.32. The number of rotatable bonds is 9. The van der Waals surface area contributed by atoms with Crippen LogP contribution >= 0.6 is 0 Å². The Hall–Kier alpha value is -3.40. The Labute approximate surface area is 174 Å². The summed E-state index contributed by atoms with van der Waals surface area (Å²) in [6.45, 7) is 7.89. The van der Waals surface area contributed by atoms with Gasteiger partial charge in [0.05, 0.1) is 26.0 Å². The molecule has 1 aromatic rings. The fourth-order valence-electron chi connectivity index (χ4n) is 2.50. The van der Waals surface area contributed by atoms with Crippen molar-refractivity contribution >= 4 is 23.9 Å². The number of hydrogen-bond donors (Lipinski definition) is 2. The van der Waals surface area contributed by atoms with Crippen LogP contribution in [-0.2, 0) is 19.1 Å². The van der Waals surface area contributed by atoms with Gasteiger partial charge in [-0.15, -0.1) is 6.58 Å². The number of benzene rings is 1. The Balaban J connectivity index is 1.94. The van der Waals surface area contributed by atoms with E-state index in [1.54, 1.807) is 23.1 Å². The van der Waals surface area contributed by atoms with Crippen molar-refractivity contribution in [1.82, 2.24) is 15.6 Å². The molecular formula is C20H26N4O6. The number of hydrogen-bond acceptors (Lipinski definition) is 7. The minimum absolute atomic E-state index is 0.108. The number of carbonyl (C=O) groups is 3. The standard InChI is InChI=1S/C20H26N4O6/c1-3-7-21-19(26)20(27)23-22-13-15-5-6-16(17(12-15)29-4-2)30-14-18(25)24-8-10-28-11-9-24/h3,5-6,12-13H,1,4,7-11,14H2,2H3,(H,21,26)(H,23,27)/b22-13-. The van der Waals surface area contributed by atoms with Gasteiger partial charge in [-0.2, -0.15) is 5.10 Å². The number of hydrazone groups is 1. The molecule has 0 bridgehead atoms. The van der Waals surface area contributed by atoms with Crippen LogP contribution in [0.4, 0.5) is 0 Å². The lowest BCUT2D eigenvalue weighted by Crippen LogP contribution is -2.43. The van der Waals surface area contributed by atoms with Gasteiger partial charge >= 0.3 is 11.8 Å². The Morgan fingerprint density at radius 1 is 1.20 bits per heavy atom. The summed E-state index contributed by atoms with van der Waals surface area (Å²) in [7, 11) is 0. The van der Waals surface area contributed by atoms with Gasteiger partial charge < -0.3 is 24.4 Å². The van der Waals surface area contributed by atoms with Gasteiger partial charge in [0.1, 0.15) is 0 Å². The van der Waals surface area contributed by atoms with Gasteiger partial charge in [-0.05, 0) is 30.7 Å². The van der Waals surface area contributed by atoms with Crippen molar-refractivity contribution in [3.63, 3.8) is 0 Å². The fourth-order valence-corrected chi connectivity index (χ4v) is 2.50. The van der Waals surface area contributed by atoms with Crippen molar-refractivity contribution in [2.45, 2.75) is 6.92 Å². The molecular weight excluding hydrogens is 392 g/mol. The van der Waals surface area contributed by atoms with Gasteiger partial charge in [0.2, 0.25) is 0 Å². The minimum Gasteiger partial charge on any atom is -0.490 e. The number of nitrogens with zero attached hydrogens (tertiary/aromatic N) is 2. The smallest absolute Gasteiger partial charge is 0.329 e. The summed E-state index contributed by atoms with van der Waals surface area (Å²) >= 11 is 0. The zero-order valence-electron chi connectivity index (χ0n) is 16.9. The van der Waals surface area contributed by atoms with Crippen LogP contribution in [0.25, 0.3) is 0 Å². The molecule has 2 rings (SSSR count).